The third-order valence-electron chi connectivity index (χ3n) is 7.94. The number of hydrogen-bond acceptors (Lipinski definition) is 4. The summed E-state index contributed by atoms with van der Waals surface area (Å²) in [7, 11) is 0. The molecule has 0 atom stereocenters. The Balaban J connectivity index is 1.15. The van der Waals surface area contributed by atoms with Gasteiger partial charge in [-0.3, -0.25) is 9.59 Å². The van der Waals surface area contributed by atoms with Crippen molar-refractivity contribution >= 4 is 33.4 Å². The van der Waals surface area contributed by atoms with E-state index < -0.39 is 0 Å². The third-order valence-corrected chi connectivity index (χ3v) is 7.94. The molecule has 0 heterocycles. The van der Waals surface area contributed by atoms with E-state index in [1.165, 1.54) is 0 Å². The maximum Gasteiger partial charge on any atom is 0.260 e. The number of benzene rings is 6. The highest BCUT2D eigenvalue weighted by Crippen LogP contribution is 2.22. The number of hydrogen-bond donors (Lipinski definition) is 0. The summed E-state index contributed by atoms with van der Waals surface area (Å²) in [5.41, 5.74) is 2.00. The summed E-state index contributed by atoms with van der Waals surface area (Å²) in [6, 6.07) is 47.4. The first kappa shape index (κ1) is 30.4. The van der Waals surface area contributed by atoms with Crippen molar-refractivity contribution in [3.05, 3.63) is 157 Å². The van der Waals surface area contributed by atoms with Crippen LogP contribution in [0.2, 0.25) is 0 Å². The van der Waals surface area contributed by atoms with Crippen molar-refractivity contribution in [2.75, 3.05) is 26.3 Å². The van der Waals surface area contributed by atoms with Gasteiger partial charge in [-0.05, 0) is 56.9 Å². The molecule has 0 aliphatic heterocycles. The van der Waals surface area contributed by atoms with Crippen molar-refractivity contribution in [1.82, 2.24) is 9.80 Å². The number of carbonyl (C=O) groups excluding carboxylic acids is 2. The van der Waals surface area contributed by atoms with Crippen LogP contribution < -0.4 is 9.47 Å². The fourth-order valence-electron chi connectivity index (χ4n) is 5.42. The molecule has 0 bridgehead atoms. The lowest BCUT2D eigenvalue weighted by atomic mass is 10.1. The van der Waals surface area contributed by atoms with Crippen LogP contribution in [0.1, 0.15) is 11.1 Å². The third kappa shape index (κ3) is 8.10. The monoisotopic (exact) mass is 608 g/mol. The predicted molar refractivity (Wildman–Crippen MR) is 183 cm³/mol. The molecule has 6 heteroatoms. The molecule has 0 saturated carbocycles. The van der Waals surface area contributed by atoms with Gasteiger partial charge in [-0.2, -0.15) is 0 Å². The van der Waals surface area contributed by atoms with Crippen molar-refractivity contribution in [2.24, 2.45) is 0 Å². The van der Waals surface area contributed by atoms with Gasteiger partial charge in [-0.25, -0.2) is 0 Å². The minimum Gasteiger partial charge on any atom is -0.484 e. The van der Waals surface area contributed by atoms with Crippen molar-refractivity contribution in [3.63, 3.8) is 0 Å². The molecule has 6 aromatic carbocycles. The average Bonchev–Trinajstić information content (AvgIpc) is 3.11. The molecular formula is C40H36N2O4. The highest BCUT2D eigenvalue weighted by molar-refractivity contribution is 5.85. The zero-order valence-corrected chi connectivity index (χ0v) is 25.6. The van der Waals surface area contributed by atoms with Gasteiger partial charge in [0.25, 0.3) is 11.8 Å². The lowest BCUT2D eigenvalue weighted by molar-refractivity contribution is -0.138. The number of amides is 2. The normalized spacial score (nSPS) is 10.9. The van der Waals surface area contributed by atoms with E-state index in [4.69, 9.17) is 9.47 Å². The van der Waals surface area contributed by atoms with E-state index in [2.05, 4.69) is 0 Å². The van der Waals surface area contributed by atoms with Gasteiger partial charge in [0.05, 0.1) is 0 Å². The van der Waals surface area contributed by atoms with E-state index in [1.54, 1.807) is 9.80 Å². The molecule has 6 nitrogen and oxygen atoms in total. The van der Waals surface area contributed by atoms with E-state index in [0.717, 1.165) is 32.7 Å². The maximum atomic E-state index is 13.6. The molecule has 0 aliphatic rings. The standard InChI is InChI=1S/C40H36N2O4/c43-39(29-45-37-21-19-33-15-7-9-17-35(33)25-37)41(27-31-11-3-1-4-12-31)23-24-42(28-32-13-5-2-6-14-32)40(44)30-46-38-22-20-34-16-8-10-18-36(34)26-38/h1-22,25-26H,23-24,27-30H2. The quantitative estimate of drug-likeness (QED) is 0.136. The molecule has 0 saturated heterocycles. The Morgan fingerprint density at radius 3 is 1.22 bits per heavy atom. The molecule has 0 N–H and O–H groups in total. The van der Waals surface area contributed by atoms with Crippen LogP contribution >= 0.6 is 0 Å². The molecular weight excluding hydrogens is 572 g/mol. The van der Waals surface area contributed by atoms with Crippen LogP contribution in [0.4, 0.5) is 0 Å². The van der Waals surface area contributed by atoms with Crippen molar-refractivity contribution < 1.29 is 19.1 Å². The molecule has 2 amide bonds. The van der Waals surface area contributed by atoms with Crippen LogP contribution in [0.3, 0.4) is 0 Å². The molecule has 46 heavy (non-hydrogen) atoms. The van der Waals surface area contributed by atoms with Gasteiger partial charge in [0.15, 0.2) is 13.2 Å². The maximum absolute atomic E-state index is 13.6. The van der Waals surface area contributed by atoms with E-state index >= 15 is 0 Å². The van der Waals surface area contributed by atoms with Crippen molar-refractivity contribution in [3.8, 4) is 11.5 Å². The molecule has 0 unspecified atom stereocenters. The van der Waals surface area contributed by atoms with Gasteiger partial charge in [-0.1, -0.05) is 121 Å². The Morgan fingerprint density at radius 2 is 0.804 bits per heavy atom. The molecule has 230 valence electrons. The Labute approximate surface area is 269 Å². The van der Waals surface area contributed by atoms with Gasteiger partial charge in [0, 0.05) is 26.2 Å². The van der Waals surface area contributed by atoms with E-state index in [-0.39, 0.29) is 25.0 Å². The Morgan fingerprint density at radius 1 is 0.435 bits per heavy atom. The zero-order valence-electron chi connectivity index (χ0n) is 25.6. The van der Waals surface area contributed by atoms with Crippen LogP contribution in [0.15, 0.2) is 146 Å². The van der Waals surface area contributed by atoms with E-state index in [0.29, 0.717) is 37.7 Å². The summed E-state index contributed by atoms with van der Waals surface area (Å²) < 4.78 is 11.9. The average molecular weight is 609 g/mol. The van der Waals surface area contributed by atoms with Gasteiger partial charge < -0.3 is 19.3 Å². The number of nitrogens with zero attached hydrogens (tertiary/aromatic N) is 2. The lowest BCUT2D eigenvalue weighted by Gasteiger charge is -2.28. The van der Waals surface area contributed by atoms with Gasteiger partial charge in [0.2, 0.25) is 0 Å². The first-order valence-corrected chi connectivity index (χ1v) is 15.5. The van der Waals surface area contributed by atoms with Crippen LogP contribution in [0.25, 0.3) is 21.5 Å². The topological polar surface area (TPSA) is 59.1 Å². The first-order chi connectivity index (χ1) is 22.6. The second-order valence-corrected chi connectivity index (χ2v) is 11.2. The smallest absolute Gasteiger partial charge is 0.260 e. The van der Waals surface area contributed by atoms with Gasteiger partial charge >= 0.3 is 0 Å². The number of carbonyl (C=O) groups is 2. The Kier molecular flexibility index (Phi) is 9.85. The molecule has 0 spiro atoms. The number of ether oxygens (including phenoxy) is 2. The zero-order chi connectivity index (χ0) is 31.6. The van der Waals surface area contributed by atoms with Crippen molar-refractivity contribution in [1.29, 1.82) is 0 Å². The van der Waals surface area contributed by atoms with E-state index in [1.807, 2.05) is 146 Å². The van der Waals surface area contributed by atoms with Crippen LogP contribution in [-0.4, -0.2) is 47.9 Å². The molecule has 6 aromatic rings. The van der Waals surface area contributed by atoms with Gasteiger partial charge in [-0.15, -0.1) is 0 Å². The summed E-state index contributed by atoms with van der Waals surface area (Å²) in [6.07, 6.45) is 0. The first-order valence-electron chi connectivity index (χ1n) is 15.5. The summed E-state index contributed by atoms with van der Waals surface area (Å²) in [5.74, 6) is 0.963. The predicted octanol–water partition coefficient (Wildman–Crippen LogP) is 7.51. The minimum atomic E-state index is -0.156. The molecule has 0 aromatic heterocycles. The molecule has 6 rings (SSSR count). The second-order valence-electron chi connectivity index (χ2n) is 11.2. The fraction of sp³-hybridized carbons (Fsp3) is 0.150. The summed E-state index contributed by atoms with van der Waals surface area (Å²) in [6.45, 7) is 1.27. The molecule has 0 aliphatic carbocycles. The number of fused-ring (bicyclic) bond motifs is 2. The minimum absolute atomic E-state index is 0.108. The Hall–Kier alpha value is -5.62. The lowest BCUT2D eigenvalue weighted by Crippen LogP contribution is -2.43. The van der Waals surface area contributed by atoms with E-state index in [9.17, 15) is 9.59 Å². The van der Waals surface area contributed by atoms with Gasteiger partial charge in [0.1, 0.15) is 11.5 Å². The van der Waals surface area contributed by atoms with Crippen LogP contribution in [0.5, 0.6) is 11.5 Å². The van der Waals surface area contributed by atoms with Crippen molar-refractivity contribution in [2.45, 2.75) is 13.1 Å². The highest BCUT2D eigenvalue weighted by Gasteiger charge is 2.20. The van der Waals surface area contributed by atoms with Crippen LogP contribution in [-0.2, 0) is 22.7 Å². The number of rotatable bonds is 13. The molecule has 0 radical (unpaired) electrons. The molecule has 0 fully saturated rings. The fourth-order valence-corrected chi connectivity index (χ4v) is 5.42. The largest absolute Gasteiger partial charge is 0.484 e. The van der Waals surface area contributed by atoms with Crippen LogP contribution in [0, 0.1) is 0 Å². The SMILES string of the molecule is O=C(COc1ccc2ccccc2c1)N(CCN(Cc1ccccc1)C(=O)COc1ccc2ccccc2c1)Cc1ccccc1. The highest BCUT2D eigenvalue weighted by atomic mass is 16.5. The summed E-state index contributed by atoms with van der Waals surface area (Å²) in [5, 5.41) is 4.32. The Bertz CT molecular complexity index is 1770. The summed E-state index contributed by atoms with van der Waals surface area (Å²) >= 11 is 0. The summed E-state index contributed by atoms with van der Waals surface area (Å²) in [4.78, 5) is 30.7. The second kappa shape index (κ2) is 14.9.